The molecule has 0 amide bonds. The Bertz CT molecular complexity index is 677. The molecule has 4 N–H and O–H groups in total. The summed E-state index contributed by atoms with van der Waals surface area (Å²) in [6, 6.07) is 9.68. The van der Waals surface area contributed by atoms with Crippen LogP contribution in [0.2, 0.25) is 0 Å². The number of nitrogens with zero attached hydrogens (tertiary/aromatic N) is 3. The van der Waals surface area contributed by atoms with Crippen LogP contribution in [0.1, 0.15) is 25.8 Å². The Balaban J connectivity index is 2.28. The maximum atomic E-state index is 11.2. The molecule has 8 nitrogen and oxygen atoms in total. The Labute approximate surface area is 134 Å². The van der Waals surface area contributed by atoms with Crippen LogP contribution in [0.3, 0.4) is 0 Å². The Hall–Kier alpha value is -2.90. The Kier molecular flexibility index (Phi) is 5.29. The maximum absolute atomic E-state index is 11.2. The standard InChI is InChI=1S/C15H20N6O2/c1-3-10(2)18-15-19-13(16)12(21(22)23)14(20-15)17-9-11-7-5-4-6-8-11/h4-8,10H,3,9H2,1-2H3,(H4,16,17,18,19,20)/t10-/m0/s1. The molecule has 23 heavy (non-hydrogen) atoms. The van der Waals surface area contributed by atoms with Crippen molar-refractivity contribution in [3.63, 3.8) is 0 Å². The van der Waals surface area contributed by atoms with Crippen LogP contribution < -0.4 is 16.4 Å². The van der Waals surface area contributed by atoms with Crippen LogP contribution in [0, 0.1) is 10.1 Å². The minimum atomic E-state index is -0.574. The van der Waals surface area contributed by atoms with Crippen LogP contribution in [-0.4, -0.2) is 20.9 Å². The van der Waals surface area contributed by atoms with Crippen molar-refractivity contribution in [2.75, 3.05) is 16.4 Å². The molecule has 2 aromatic rings. The van der Waals surface area contributed by atoms with Gasteiger partial charge in [-0.3, -0.25) is 10.1 Å². The second-order valence-corrected chi connectivity index (χ2v) is 5.18. The number of nitro groups is 1. The zero-order chi connectivity index (χ0) is 16.8. The largest absolute Gasteiger partial charge is 0.378 e. The van der Waals surface area contributed by atoms with Gasteiger partial charge < -0.3 is 16.4 Å². The summed E-state index contributed by atoms with van der Waals surface area (Å²) in [4.78, 5) is 18.8. The molecule has 0 aliphatic heterocycles. The molecule has 0 radical (unpaired) electrons. The van der Waals surface area contributed by atoms with E-state index in [1.165, 1.54) is 0 Å². The van der Waals surface area contributed by atoms with Gasteiger partial charge in [-0.05, 0) is 18.9 Å². The molecule has 0 aliphatic rings. The molecule has 0 spiro atoms. The topological polar surface area (TPSA) is 119 Å². The Morgan fingerprint density at radius 3 is 2.61 bits per heavy atom. The van der Waals surface area contributed by atoms with E-state index in [0.29, 0.717) is 6.54 Å². The van der Waals surface area contributed by atoms with Gasteiger partial charge in [0.1, 0.15) is 0 Å². The first-order chi connectivity index (χ1) is 11.0. The van der Waals surface area contributed by atoms with Gasteiger partial charge in [0, 0.05) is 12.6 Å². The van der Waals surface area contributed by atoms with E-state index in [2.05, 4.69) is 20.6 Å². The predicted octanol–water partition coefficient (Wildman–Crippen LogP) is 2.79. The van der Waals surface area contributed by atoms with Crippen LogP contribution in [0.25, 0.3) is 0 Å². The number of benzene rings is 1. The fourth-order valence-electron chi connectivity index (χ4n) is 1.94. The number of nitrogen functional groups attached to an aromatic ring is 1. The molecule has 1 heterocycles. The fraction of sp³-hybridized carbons (Fsp3) is 0.333. The number of hydrogen-bond acceptors (Lipinski definition) is 7. The molecular weight excluding hydrogens is 296 g/mol. The molecule has 2 rings (SSSR count). The number of rotatable bonds is 7. The molecule has 0 saturated heterocycles. The molecule has 0 saturated carbocycles. The smallest absolute Gasteiger partial charge is 0.353 e. The highest BCUT2D eigenvalue weighted by molar-refractivity contribution is 5.69. The quantitative estimate of drug-likeness (QED) is 0.530. The van der Waals surface area contributed by atoms with Crippen LogP contribution in [0.5, 0.6) is 0 Å². The number of hydrogen-bond donors (Lipinski definition) is 3. The first kappa shape index (κ1) is 16.5. The molecule has 1 atom stereocenters. The Morgan fingerprint density at radius 2 is 2.00 bits per heavy atom. The summed E-state index contributed by atoms with van der Waals surface area (Å²) in [6.45, 7) is 4.39. The van der Waals surface area contributed by atoms with Gasteiger partial charge in [0.2, 0.25) is 17.6 Å². The summed E-state index contributed by atoms with van der Waals surface area (Å²) < 4.78 is 0. The van der Waals surface area contributed by atoms with Gasteiger partial charge in [0.05, 0.1) is 4.92 Å². The molecule has 0 unspecified atom stereocenters. The molecule has 1 aromatic heterocycles. The van der Waals surface area contributed by atoms with E-state index in [-0.39, 0.29) is 29.3 Å². The Morgan fingerprint density at radius 1 is 1.30 bits per heavy atom. The van der Waals surface area contributed by atoms with E-state index in [0.717, 1.165) is 12.0 Å². The zero-order valence-corrected chi connectivity index (χ0v) is 13.1. The number of anilines is 3. The zero-order valence-electron chi connectivity index (χ0n) is 13.1. The van der Waals surface area contributed by atoms with Crippen LogP contribution in [-0.2, 0) is 6.54 Å². The van der Waals surface area contributed by atoms with E-state index in [9.17, 15) is 10.1 Å². The van der Waals surface area contributed by atoms with Crippen molar-refractivity contribution in [2.45, 2.75) is 32.9 Å². The van der Waals surface area contributed by atoms with Crippen molar-refractivity contribution in [2.24, 2.45) is 0 Å². The van der Waals surface area contributed by atoms with Crippen molar-refractivity contribution in [1.82, 2.24) is 9.97 Å². The second-order valence-electron chi connectivity index (χ2n) is 5.18. The first-order valence-corrected chi connectivity index (χ1v) is 7.37. The lowest BCUT2D eigenvalue weighted by Gasteiger charge is -2.13. The molecule has 0 fully saturated rings. The number of aromatic nitrogens is 2. The highest BCUT2D eigenvalue weighted by Gasteiger charge is 2.23. The minimum absolute atomic E-state index is 0.108. The van der Waals surface area contributed by atoms with Crippen molar-refractivity contribution in [3.8, 4) is 0 Å². The summed E-state index contributed by atoms with van der Waals surface area (Å²) in [5, 5.41) is 17.3. The van der Waals surface area contributed by atoms with Crippen LogP contribution >= 0.6 is 0 Å². The highest BCUT2D eigenvalue weighted by atomic mass is 16.6. The van der Waals surface area contributed by atoms with Crippen molar-refractivity contribution >= 4 is 23.3 Å². The highest BCUT2D eigenvalue weighted by Crippen LogP contribution is 2.29. The number of nitrogens with one attached hydrogen (secondary N) is 2. The average molecular weight is 316 g/mol. The lowest BCUT2D eigenvalue weighted by Crippen LogP contribution is -2.18. The summed E-state index contributed by atoms with van der Waals surface area (Å²) in [5.41, 5.74) is 6.41. The van der Waals surface area contributed by atoms with Crippen molar-refractivity contribution in [3.05, 3.63) is 46.0 Å². The van der Waals surface area contributed by atoms with Crippen molar-refractivity contribution in [1.29, 1.82) is 0 Å². The minimum Gasteiger partial charge on any atom is -0.378 e. The second kappa shape index (κ2) is 7.39. The van der Waals surface area contributed by atoms with Gasteiger partial charge in [-0.15, -0.1) is 0 Å². The predicted molar refractivity (Wildman–Crippen MR) is 90.2 cm³/mol. The summed E-state index contributed by atoms with van der Waals surface area (Å²) in [7, 11) is 0. The van der Waals surface area contributed by atoms with Gasteiger partial charge >= 0.3 is 5.69 Å². The SMILES string of the molecule is CC[C@H](C)Nc1nc(N)c([N+](=O)[O-])c(NCc2ccccc2)n1. The van der Waals surface area contributed by atoms with Gasteiger partial charge in [0.15, 0.2) is 0 Å². The molecule has 0 bridgehead atoms. The molecule has 1 aromatic carbocycles. The van der Waals surface area contributed by atoms with Crippen LogP contribution in [0.4, 0.5) is 23.3 Å². The van der Waals surface area contributed by atoms with Crippen LogP contribution in [0.15, 0.2) is 30.3 Å². The third kappa shape index (κ3) is 4.29. The molecule has 8 heteroatoms. The van der Waals surface area contributed by atoms with E-state index < -0.39 is 4.92 Å². The van der Waals surface area contributed by atoms with E-state index in [1.807, 2.05) is 44.2 Å². The fourth-order valence-corrected chi connectivity index (χ4v) is 1.94. The summed E-state index contributed by atoms with van der Waals surface area (Å²) in [5.74, 6) is 0.224. The normalized spacial score (nSPS) is 11.7. The summed E-state index contributed by atoms with van der Waals surface area (Å²) >= 11 is 0. The van der Waals surface area contributed by atoms with Gasteiger partial charge in [-0.25, -0.2) is 0 Å². The van der Waals surface area contributed by atoms with Crippen molar-refractivity contribution < 1.29 is 4.92 Å². The van der Waals surface area contributed by atoms with E-state index in [4.69, 9.17) is 5.73 Å². The number of nitrogens with two attached hydrogens (primary N) is 1. The monoisotopic (exact) mass is 316 g/mol. The first-order valence-electron chi connectivity index (χ1n) is 7.37. The molecule has 0 aliphatic carbocycles. The molecular formula is C15H20N6O2. The maximum Gasteiger partial charge on any atom is 0.353 e. The van der Waals surface area contributed by atoms with Gasteiger partial charge in [0.25, 0.3) is 0 Å². The van der Waals surface area contributed by atoms with E-state index >= 15 is 0 Å². The summed E-state index contributed by atoms with van der Waals surface area (Å²) in [6.07, 6.45) is 0.868. The lowest BCUT2D eigenvalue weighted by atomic mass is 10.2. The molecule has 122 valence electrons. The average Bonchev–Trinajstić information content (AvgIpc) is 2.53. The van der Waals surface area contributed by atoms with Gasteiger partial charge in [-0.2, -0.15) is 9.97 Å². The van der Waals surface area contributed by atoms with E-state index in [1.54, 1.807) is 0 Å². The third-order valence-corrected chi connectivity index (χ3v) is 3.38. The van der Waals surface area contributed by atoms with Gasteiger partial charge in [-0.1, -0.05) is 37.3 Å². The third-order valence-electron chi connectivity index (χ3n) is 3.38. The lowest BCUT2D eigenvalue weighted by molar-refractivity contribution is -0.383.